The van der Waals surface area contributed by atoms with Gasteiger partial charge in [-0.3, -0.25) is 9.69 Å². The Morgan fingerprint density at radius 1 is 1.21 bits per heavy atom. The van der Waals surface area contributed by atoms with E-state index < -0.39 is 0 Å². The predicted octanol–water partition coefficient (Wildman–Crippen LogP) is 2.11. The van der Waals surface area contributed by atoms with Crippen molar-refractivity contribution >= 4 is 11.6 Å². The van der Waals surface area contributed by atoms with Crippen molar-refractivity contribution in [3.8, 4) is 11.5 Å². The smallest absolute Gasteiger partial charge is 0.229 e. The highest BCUT2D eigenvalue weighted by Crippen LogP contribution is 2.66. The minimum Gasteiger partial charge on any atom is -0.493 e. The molecule has 152 valence electrons. The first-order chi connectivity index (χ1) is 14.2. The minimum absolute atomic E-state index is 0.0242. The summed E-state index contributed by atoms with van der Waals surface area (Å²) in [4.78, 5) is 18.3. The maximum atomic E-state index is 13.5. The first kappa shape index (κ1) is 16.7. The first-order valence-corrected chi connectivity index (χ1v) is 10.8. The van der Waals surface area contributed by atoms with Crippen LogP contribution in [0.15, 0.2) is 23.8 Å². The molecular weight excluding hydrogens is 368 g/mol. The van der Waals surface area contributed by atoms with Crippen LogP contribution in [0.1, 0.15) is 24.8 Å². The lowest BCUT2D eigenvalue weighted by Crippen LogP contribution is -2.69. The number of hydrogen-bond donors (Lipinski definition) is 0. The number of nitrogens with zero attached hydrogens (tertiary/aromatic N) is 2. The third-order valence-corrected chi connectivity index (χ3v) is 8.81. The van der Waals surface area contributed by atoms with Gasteiger partial charge in [-0.25, -0.2) is 0 Å². The number of anilines is 1. The van der Waals surface area contributed by atoms with Crippen molar-refractivity contribution in [1.29, 1.82) is 0 Å². The van der Waals surface area contributed by atoms with Gasteiger partial charge in [0.1, 0.15) is 0 Å². The lowest BCUT2D eigenvalue weighted by Gasteiger charge is -2.58. The Hall–Kier alpha value is -2.05. The molecule has 1 amide bonds. The van der Waals surface area contributed by atoms with E-state index in [0.717, 1.165) is 30.9 Å². The summed E-state index contributed by atoms with van der Waals surface area (Å²) < 4.78 is 17.6. The van der Waals surface area contributed by atoms with E-state index in [-0.39, 0.29) is 23.5 Å². The van der Waals surface area contributed by atoms with E-state index in [1.54, 1.807) is 19.8 Å². The van der Waals surface area contributed by atoms with E-state index in [9.17, 15) is 4.79 Å². The topological polar surface area (TPSA) is 51.2 Å². The number of benzene rings is 1. The van der Waals surface area contributed by atoms with Gasteiger partial charge in [-0.2, -0.15) is 0 Å². The van der Waals surface area contributed by atoms with Crippen LogP contribution in [-0.4, -0.2) is 62.9 Å². The largest absolute Gasteiger partial charge is 0.493 e. The molecule has 2 bridgehead atoms. The van der Waals surface area contributed by atoms with Crippen LogP contribution in [0.4, 0.5) is 5.69 Å². The predicted molar refractivity (Wildman–Crippen MR) is 107 cm³/mol. The van der Waals surface area contributed by atoms with Gasteiger partial charge in [0.15, 0.2) is 11.5 Å². The fourth-order valence-corrected chi connectivity index (χ4v) is 7.87. The molecule has 0 N–H and O–H groups in total. The fourth-order valence-electron chi connectivity index (χ4n) is 7.87. The van der Waals surface area contributed by atoms with Gasteiger partial charge < -0.3 is 19.1 Å². The van der Waals surface area contributed by atoms with Gasteiger partial charge in [0, 0.05) is 30.0 Å². The molecule has 3 saturated heterocycles. The van der Waals surface area contributed by atoms with Crippen LogP contribution >= 0.6 is 0 Å². The van der Waals surface area contributed by atoms with Crippen LogP contribution in [0.3, 0.4) is 0 Å². The maximum Gasteiger partial charge on any atom is 0.229 e. The van der Waals surface area contributed by atoms with Crippen LogP contribution in [0.5, 0.6) is 11.5 Å². The van der Waals surface area contributed by atoms with Crippen LogP contribution in [0, 0.1) is 11.8 Å². The number of piperidine rings is 2. The molecule has 1 aromatic rings. The number of ether oxygens (including phenoxy) is 3. The van der Waals surface area contributed by atoms with Crippen molar-refractivity contribution in [3.63, 3.8) is 0 Å². The second-order valence-corrected chi connectivity index (χ2v) is 9.48. The second kappa shape index (κ2) is 5.35. The normalized spacial score (nSPS) is 41.0. The number of hydrogen-bond acceptors (Lipinski definition) is 5. The summed E-state index contributed by atoms with van der Waals surface area (Å²) in [5, 5.41) is 0. The summed E-state index contributed by atoms with van der Waals surface area (Å²) in [6.07, 6.45) is 5.11. The number of methoxy groups -OCH3 is 2. The van der Waals surface area contributed by atoms with Gasteiger partial charge in [0.2, 0.25) is 5.91 Å². The van der Waals surface area contributed by atoms with E-state index in [1.165, 1.54) is 12.0 Å². The molecule has 1 saturated carbocycles. The molecule has 4 fully saturated rings. The molecule has 1 aromatic carbocycles. The molecule has 0 unspecified atom stereocenters. The number of carbonyl (C=O) groups excluding carboxylic acids is 1. The summed E-state index contributed by atoms with van der Waals surface area (Å²) in [5.74, 6) is 2.57. The fraction of sp³-hybridized carbons (Fsp3) is 0.609. The Morgan fingerprint density at radius 3 is 2.86 bits per heavy atom. The maximum absolute atomic E-state index is 13.5. The average molecular weight is 394 g/mol. The molecule has 5 heterocycles. The molecule has 29 heavy (non-hydrogen) atoms. The Labute approximate surface area is 170 Å². The lowest BCUT2D eigenvalue weighted by atomic mass is 9.53. The van der Waals surface area contributed by atoms with Crippen LogP contribution < -0.4 is 14.4 Å². The molecule has 6 aliphatic rings. The molecule has 6 nitrogen and oxygen atoms in total. The van der Waals surface area contributed by atoms with Crippen LogP contribution in [0.25, 0.3) is 0 Å². The second-order valence-electron chi connectivity index (χ2n) is 9.48. The third kappa shape index (κ3) is 1.76. The zero-order valence-electron chi connectivity index (χ0n) is 16.9. The van der Waals surface area contributed by atoms with Gasteiger partial charge in [-0.05, 0) is 36.9 Å². The molecule has 1 spiro atoms. The van der Waals surface area contributed by atoms with Crippen molar-refractivity contribution in [2.24, 2.45) is 11.8 Å². The lowest BCUT2D eigenvalue weighted by molar-refractivity contribution is -0.132. The monoisotopic (exact) mass is 394 g/mol. The third-order valence-electron chi connectivity index (χ3n) is 8.81. The van der Waals surface area contributed by atoms with Gasteiger partial charge in [0.25, 0.3) is 0 Å². The van der Waals surface area contributed by atoms with E-state index in [4.69, 9.17) is 14.2 Å². The number of carbonyl (C=O) groups is 1. The van der Waals surface area contributed by atoms with Crippen molar-refractivity contribution in [2.75, 3.05) is 38.8 Å². The Morgan fingerprint density at radius 2 is 2.03 bits per heavy atom. The minimum atomic E-state index is -0.0242. The number of amides is 1. The highest BCUT2D eigenvalue weighted by Gasteiger charge is 2.71. The highest BCUT2D eigenvalue weighted by molar-refractivity contribution is 5.99. The van der Waals surface area contributed by atoms with Crippen LogP contribution in [0.2, 0.25) is 0 Å². The molecule has 1 aliphatic carbocycles. The van der Waals surface area contributed by atoms with E-state index in [1.807, 2.05) is 6.07 Å². The van der Waals surface area contributed by atoms with E-state index in [2.05, 4.69) is 21.9 Å². The van der Waals surface area contributed by atoms with Crippen molar-refractivity contribution < 1.29 is 19.0 Å². The highest BCUT2D eigenvalue weighted by atomic mass is 16.5. The summed E-state index contributed by atoms with van der Waals surface area (Å²) in [5.41, 5.74) is 3.85. The summed E-state index contributed by atoms with van der Waals surface area (Å²) in [7, 11) is 3.36. The number of rotatable bonds is 2. The summed E-state index contributed by atoms with van der Waals surface area (Å²) in [6.45, 7) is 2.80. The Balaban J connectivity index is 1.52. The standard InChI is InChI=1S/C23H26N2O4/c1-27-16-8-14-15(9-17(16)28-2)25-20(26)10-18-21-13-7-19-23(14,22(21)25)4-5-24(19)11-12(13)3-6-29-18/h3,8-9,13,18-19,21-22H,4-7,10-11H2,1-2H3/t13-,18+,19+,21+,22+,23-/m0/s1. The van der Waals surface area contributed by atoms with Gasteiger partial charge >= 0.3 is 0 Å². The Bertz CT molecular complexity index is 974. The van der Waals surface area contributed by atoms with Gasteiger partial charge in [-0.1, -0.05) is 11.6 Å². The summed E-state index contributed by atoms with van der Waals surface area (Å²) >= 11 is 0. The molecule has 5 aliphatic heterocycles. The van der Waals surface area contributed by atoms with E-state index >= 15 is 0 Å². The molecule has 0 radical (unpaired) electrons. The zero-order chi connectivity index (χ0) is 19.5. The molecule has 6 heteroatoms. The van der Waals surface area contributed by atoms with Gasteiger partial charge in [-0.15, -0.1) is 0 Å². The van der Waals surface area contributed by atoms with E-state index in [0.29, 0.717) is 36.7 Å². The first-order valence-electron chi connectivity index (χ1n) is 10.8. The van der Waals surface area contributed by atoms with Gasteiger partial charge in [0.05, 0.1) is 45.1 Å². The quantitative estimate of drug-likeness (QED) is 0.719. The van der Waals surface area contributed by atoms with Crippen LogP contribution in [-0.2, 0) is 14.9 Å². The molecule has 7 rings (SSSR count). The van der Waals surface area contributed by atoms with Crippen molar-refractivity contribution in [3.05, 3.63) is 29.3 Å². The number of fused-ring (bicyclic) bond motifs is 2. The SMILES string of the molecule is COc1cc2c(cc1OC)[C@]13CCN4CC5=CCO[C@@H]6CC(=O)N2[C@@H]1[C@@H]6[C@H]5C[C@@H]43. The average Bonchev–Trinajstić information content (AvgIpc) is 3.20. The molecule has 0 aromatic heterocycles. The Kier molecular flexibility index (Phi) is 3.08. The molecule has 6 atom stereocenters. The summed E-state index contributed by atoms with van der Waals surface area (Å²) in [6, 6.07) is 4.87. The van der Waals surface area contributed by atoms with Crippen molar-refractivity contribution in [2.45, 2.75) is 42.9 Å². The van der Waals surface area contributed by atoms with Crippen molar-refractivity contribution in [1.82, 2.24) is 4.90 Å². The zero-order valence-corrected chi connectivity index (χ0v) is 16.9. The molecular formula is C23H26N2O4.